The normalized spacial score (nSPS) is 11.9. The van der Waals surface area contributed by atoms with E-state index in [9.17, 15) is 4.79 Å². The fraction of sp³-hybridized carbons (Fsp3) is 0.111. The van der Waals surface area contributed by atoms with Crippen LogP contribution in [-0.4, -0.2) is 10.8 Å². The summed E-state index contributed by atoms with van der Waals surface area (Å²) in [4.78, 5) is 18.1. The van der Waals surface area contributed by atoms with Gasteiger partial charge in [-0.3, -0.25) is 9.78 Å². The number of furan rings is 1. The van der Waals surface area contributed by atoms with Crippen LogP contribution in [0.3, 0.4) is 0 Å². The molecule has 0 aliphatic carbocycles. The number of aromatic nitrogens is 1. The van der Waals surface area contributed by atoms with Gasteiger partial charge in [-0.2, -0.15) is 0 Å². The Morgan fingerprint density at radius 3 is 2.40 bits per heavy atom. The maximum atomic E-state index is 13.5. The van der Waals surface area contributed by atoms with E-state index >= 15 is 0 Å². The molecule has 2 aromatic heterocycles. The fourth-order valence-electron chi connectivity index (χ4n) is 5.42. The molecule has 3 nitrogen and oxygen atoms in total. The van der Waals surface area contributed by atoms with Gasteiger partial charge in [0.2, 0.25) is 0 Å². The molecule has 0 saturated carbocycles. The highest BCUT2D eigenvalue weighted by molar-refractivity contribution is 6.30. The van der Waals surface area contributed by atoms with Crippen molar-refractivity contribution in [2.45, 2.75) is 25.7 Å². The predicted octanol–water partition coefficient (Wildman–Crippen LogP) is 9.46. The van der Waals surface area contributed by atoms with Crippen LogP contribution in [0, 0.1) is 6.92 Å². The van der Waals surface area contributed by atoms with E-state index in [1.54, 1.807) is 6.20 Å². The fourth-order valence-corrected chi connectivity index (χ4v) is 5.64. The van der Waals surface area contributed by atoms with Crippen LogP contribution in [0.2, 0.25) is 5.02 Å². The lowest BCUT2D eigenvalue weighted by Gasteiger charge is -2.20. The first-order valence-corrected chi connectivity index (χ1v) is 13.8. The summed E-state index contributed by atoms with van der Waals surface area (Å²) in [6, 6.07) is 38.2. The molecule has 0 bridgehead atoms. The maximum absolute atomic E-state index is 13.5. The van der Waals surface area contributed by atoms with Gasteiger partial charge in [0, 0.05) is 46.5 Å². The lowest BCUT2D eigenvalue weighted by molar-refractivity contribution is -0.118. The monoisotopic (exact) mass is 541 g/mol. The Hall–Kier alpha value is -4.47. The molecule has 6 rings (SSSR count). The van der Waals surface area contributed by atoms with Crippen molar-refractivity contribution in [1.29, 1.82) is 0 Å². The number of hydrogen-bond donors (Lipinski definition) is 0. The molecule has 6 aromatic rings. The Labute approximate surface area is 239 Å². The minimum atomic E-state index is -0.0304. The van der Waals surface area contributed by atoms with Crippen LogP contribution in [0.25, 0.3) is 33.6 Å². The van der Waals surface area contributed by atoms with Gasteiger partial charge in [0.1, 0.15) is 17.1 Å². The third kappa shape index (κ3) is 5.47. The average molecular weight is 542 g/mol. The Balaban J connectivity index is 1.26. The molecule has 4 heteroatoms. The number of hydrogen-bond acceptors (Lipinski definition) is 3. The second-order valence-electron chi connectivity index (χ2n) is 10.1. The first-order valence-electron chi connectivity index (χ1n) is 13.4. The van der Waals surface area contributed by atoms with Crippen molar-refractivity contribution in [1.82, 2.24) is 4.98 Å². The summed E-state index contributed by atoms with van der Waals surface area (Å²) < 4.78 is 6.24. The van der Waals surface area contributed by atoms with E-state index < -0.39 is 0 Å². The topological polar surface area (TPSA) is 43.1 Å². The highest BCUT2D eigenvalue weighted by atomic mass is 35.5. The molecule has 1 unspecified atom stereocenters. The van der Waals surface area contributed by atoms with Crippen molar-refractivity contribution >= 4 is 28.4 Å². The third-order valence-corrected chi connectivity index (χ3v) is 7.58. The quantitative estimate of drug-likeness (QED) is 0.193. The number of pyridine rings is 1. The molecule has 0 N–H and O–H groups in total. The third-order valence-electron chi connectivity index (χ3n) is 7.34. The smallest absolute Gasteiger partial charge is 0.138 e. The summed E-state index contributed by atoms with van der Waals surface area (Å²) in [5.74, 6) is 0.912. The van der Waals surface area contributed by atoms with Gasteiger partial charge in [-0.25, -0.2) is 0 Å². The van der Waals surface area contributed by atoms with Crippen LogP contribution in [-0.2, 0) is 11.2 Å². The molecule has 196 valence electrons. The number of carbonyl (C=O) groups excluding carboxylic acids is 1. The molecule has 0 amide bonds. The van der Waals surface area contributed by atoms with Gasteiger partial charge >= 0.3 is 0 Å². The molecule has 0 aliphatic rings. The zero-order chi connectivity index (χ0) is 27.5. The number of benzene rings is 4. The Morgan fingerprint density at radius 1 is 0.850 bits per heavy atom. The van der Waals surface area contributed by atoms with Gasteiger partial charge in [-0.15, -0.1) is 0 Å². The number of rotatable bonds is 8. The molecule has 40 heavy (non-hydrogen) atoms. The lowest BCUT2D eigenvalue weighted by atomic mass is 9.84. The predicted molar refractivity (Wildman–Crippen MR) is 163 cm³/mol. The van der Waals surface area contributed by atoms with Crippen molar-refractivity contribution in [3.63, 3.8) is 0 Å². The van der Waals surface area contributed by atoms with Crippen LogP contribution in [0.4, 0.5) is 0 Å². The molecule has 0 saturated heterocycles. The van der Waals surface area contributed by atoms with Crippen molar-refractivity contribution in [2.24, 2.45) is 0 Å². The van der Waals surface area contributed by atoms with E-state index in [4.69, 9.17) is 16.0 Å². The van der Waals surface area contributed by atoms with Crippen LogP contribution in [0.5, 0.6) is 0 Å². The molecule has 0 aliphatic heterocycles. The minimum absolute atomic E-state index is 0.0304. The van der Waals surface area contributed by atoms with Gasteiger partial charge in [0.15, 0.2) is 0 Å². The average Bonchev–Trinajstić information content (AvgIpc) is 3.41. The van der Waals surface area contributed by atoms with E-state index in [0.717, 1.165) is 55.8 Å². The number of carbonyl (C=O) groups is 1. The zero-order valence-corrected chi connectivity index (χ0v) is 22.9. The minimum Gasteiger partial charge on any atom is -0.456 e. The van der Waals surface area contributed by atoms with Crippen molar-refractivity contribution in [2.75, 3.05) is 0 Å². The summed E-state index contributed by atoms with van der Waals surface area (Å²) >= 11 is 6.23. The standard InChI is InChI=1S/C36H28ClNO2/c1-24-19-29(37)15-16-31(24)33(26-9-4-2-5-10-26)23-30(39)21-25-14-17-34-28(20-25)22-35(40-34)32-13-8-18-38-36(32)27-11-6-3-7-12-27/h2-20,22,33H,21,23H2,1H3. The zero-order valence-electron chi connectivity index (χ0n) is 22.2. The molecule has 0 radical (unpaired) electrons. The second kappa shape index (κ2) is 11.3. The molecular weight excluding hydrogens is 514 g/mol. The number of ketones is 1. The Kier molecular flexibility index (Phi) is 7.31. The second-order valence-corrected chi connectivity index (χ2v) is 10.6. The van der Waals surface area contributed by atoms with Crippen LogP contribution < -0.4 is 0 Å². The summed E-state index contributed by atoms with van der Waals surface area (Å²) in [5, 5.41) is 1.67. The van der Waals surface area contributed by atoms with Gasteiger partial charge in [0.05, 0.1) is 5.69 Å². The van der Waals surface area contributed by atoms with Crippen molar-refractivity contribution in [3.8, 4) is 22.6 Å². The van der Waals surface area contributed by atoms with E-state index in [-0.39, 0.29) is 11.7 Å². The van der Waals surface area contributed by atoms with Crippen molar-refractivity contribution < 1.29 is 9.21 Å². The molecular formula is C36H28ClNO2. The molecule has 4 aromatic carbocycles. The van der Waals surface area contributed by atoms with Gasteiger partial charge in [-0.05, 0) is 71.6 Å². The maximum Gasteiger partial charge on any atom is 0.138 e. The van der Waals surface area contributed by atoms with Gasteiger partial charge in [0.25, 0.3) is 0 Å². The van der Waals surface area contributed by atoms with E-state index in [2.05, 4.69) is 30.1 Å². The largest absolute Gasteiger partial charge is 0.456 e. The lowest BCUT2D eigenvalue weighted by Crippen LogP contribution is -2.12. The van der Waals surface area contributed by atoms with Crippen LogP contribution in [0.15, 0.2) is 126 Å². The molecule has 0 spiro atoms. The Morgan fingerprint density at radius 2 is 1.62 bits per heavy atom. The first kappa shape index (κ1) is 25.8. The summed E-state index contributed by atoms with van der Waals surface area (Å²) in [7, 11) is 0. The number of Topliss-reactive ketones (excluding diaryl/α,β-unsaturated/α-hetero) is 1. The molecule has 0 fully saturated rings. The van der Waals surface area contributed by atoms with Crippen LogP contribution >= 0.6 is 11.6 Å². The number of nitrogens with zero attached hydrogens (tertiary/aromatic N) is 1. The van der Waals surface area contributed by atoms with Crippen LogP contribution in [0.1, 0.15) is 34.6 Å². The van der Waals surface area contributed by atoms with E-state index in [1.807, 2.05) is 97.1 Å². The molecule has 2 heterocycles. The van der Waals surface area contributed by atoms with E-state index in [0.29, 0.717) is 17.9 Å². The van der Waals surface area contributed by atoms with Gasteiger partial charge < -0.3 is 4.42 Å². The Bertz CT molecular complexity index is 1790. The summed E-state index contributed by atoms with van der Waals surface area (Å²) in [6.07, 6.45) is 2.57. The number of fused-ring (bicyclic) bond motifs is 1. The highest BCUT2D eigenvalue weighted by Crippen LogP contribution is 2.35. The van der Waals surface area contributed by atoms with Gasteiger partial charge in [-0.1, -0.05) is 84.4 Å². The SMILES string of the molecule is Cc1cc(Cl)ccc1C(CC(=O)Cc1ccc2oc(-c3cccnc3-c3ccccc3)cc2c1)c1ccccc1. The highest BCUT2D eigenvalue weighted by Gasteiger charge is 2.21. The summed E-state index contributed by atoms with van der Waals surface area (Å²) in [6.45, 7) is 2.05. The molecule has 1 atom stereocenters. The van der Waals surface area contributed by atoms with E-state index in [1.165, 1.54) is 0 Å². The first-order chi connectivity index (χ1) is 19.5. The number of halogens is 1. The summed E-state index contributed by atoms with van der Waals surface area (Å²) in [5.41, 5.74) is 7.95. The van der Waals surface area contributed by atoms with Crippen molar-refractivity contribution in [3.05, 3.63) is 149 Å². The number of aryl methyl sites for hydroxylation is 1.